The van der Waals surface area contributed by atoms with E-state index in [-0.39, 0.29) is 24.7 Å². The molecule has 26 heavy (non-hydrogen) atoms. The summed E-state index contributed by atoms with van der Waals surface area (Å²) < 4.78 is 13.2. The number of hydrogen-bond donors (Lipinski definition) is 1. The number of nitrogens with zero attached hydrogens (tertiary/aromatic N) is 2. The van der Waals surface area contributed by atoms with Crippen molar-refractivity contribution >= 4 is 17.5 Å². The third kappa shape index (κ3) is 4.61. The van der Waals surface area contributed by atoms with E-state index in [2.05, 4.69) is 4.90 Å². The number of amides is 2. The Hall–Kier alpha value is -1.95. The molecular weight excluding hydrogens is 333 g/mol. The molecule has 0 aromatic heterocycles. The molecule has 1 heterocycles. The Bertz CT molecular complexity index is 628. The Morgan fingerprint density at radius 1 is 1.12 bits per heavy atom. The first kappa shape index (κ1) is 18.8. The van der Waals surface area contributed by atoms with E-state index in [4.69, 9.17) is 5.73 Å². The number of likely N-dealkylation sites (tertiary alicyclic amines) is 1. The maximum atomic E-state index is 13.2. The Morgan fingerprint density at radius 3 is 2.46 bits per heavy atom. The van der Waals surface area contributed by atoms with Gasteiger partial charge in [-0.15, -0.1) is 0 Å². The molecule has 1 unspecified atom stereocenters. The van der Waals surface area contributed by atoms with E-state index < -0.39 is 5.91 Å². The smallest absolute Gasteiger partial charge is 0.241 e. The van der Waals surface area contributed by atoms with E-state index in [1.807, 2.05) is 0 Å². The van der Waals surface area contributed by atoms with Gasteiger partial charge in [-0.2, -0.15) is 0 Å². The first-order chi connectivity index (χ1) is 12.5. The number of benzene rings is 1. The van der Waals surface area contributed by atoms with Crippen molar-refractivity contribution in [2.45, 2.75) is 51.0 Å². The van der Waals surface area contributed by atoms with Crippen LogP contribution in [0.25, 0.3) is 0 Å². The molecule has 1 aliphatic carbocycles. The topological polar surface area (TPSA) is 66.6 Å². The van der Waals surface area contributed by atoms with Crippen molar-refractivity contribution in [2.24, 2.45) is 11.7 Å². The van der Waals surface area contributed by atoms with E-state index in [9.17, 15) is 14.0 Å². The lowest BCUT2D eigenvalue weighted by Gasteiger charge is -2.31. The molecule has 1 saturated heterocycles. The van der Waals surface area contributed by atoms with Crippen LogP contribution in [0.2, 0.25) is 0 Å². The number of primary amides is 1. The van der Waals surface area contributed by atoms with Gasteiger partial charge in [-0.3, -0.25) is 14.5 Å². The van der Waals surface area contributed by atoms with Crippen molar-refractivity contribution in [1.29, 1.82) is 0 Å². The standard InChI is InChI=1S/C20H28FN3O2/c21-16-7-9-17(10-8-16)24(13-11-19(22)25)20(26)14-23-12-3-6-18(23)15-4-1-2-5-15/h7-10,15,18H,1-6,11-14H2,(H2,22,25). The normalized spacial score (nSPS) is 21.2. The fourth-order valence-corrected chi connectivity index (χ4v) is 4.42. The molecule has 2 fully saturated rings. The Kier molecular flexibility index (Phi) is 6.25. The third-order valence-corrected chi connectivity index (χ3v) is 5.72. The van der Waals surface area contributed by atoms with Crippen LogP contribution in [0, 0.1) is 11.7 Å². The molecule has 2 aliphatic rings. The SMILES string of the molecule is NC(=O)CCN(C(=O)CN1CCCC1C1CCCC1)c1ccc(F)cc1. The van der Waals surface area contributed by atoms with Crippen molar-refractivity contribution in [2.75, 3.05) is 24.5 Å². The lowest BCUT2D eigenvalue weighted by Crippen LogP contribution is -2.45. The van der Waals surface area contributed by atoms with Gasteiger partial charge < -0.3 is 10.6 Å². The van der Waals surface area contributed by atoms with E-state index >= 15 is 0 Å². The van der Waals surface area contributed by atoms with E-state index in [0.717, 1.165) is 19.4 Å². The van der Waals surface area contributed by atoms with Gasteiger partial charge in [0.15, 0.2) is 0 Å². The van der Waals surface area contributed by atoms with E-state index in [1.165, 1.54) is 37.8 Å². The number of carbonyl (C=O) groups is 2. The van der Waals surface area contributed by atoms with Crippen LogP contribution in [0.1, 0.15) is 44.9 Å². The highest BCUT2D eigenvalue weighted by Gasteiger charge is 2.34. The lowest BCUT2D eigenvalue weighted by atomic mass is 9.96. The molecule has 3 rings (SSSR count). The summed E-state index contributed by atoms with van der Waals surface area (Å²) >= 11 is 0. The summed E-state index contributed by atoms with van der Waals surface area (Å²) in [5.74, 6) is -0.148. The fraction of sp³-hybridized carbons (Fsp3) is 0.600. The van der Waals surface area contributed by atoms with Gasteiger partial charge in [0.05, 0.1) is 6.54 Å². The molecule has 1 aromatic rings. The average Bonchev–Trinajstić information content (AvgIpc) is 3.27. The zero-order chi connectivity index (χ0) is 18.5. The quantitative estimate of drug-likeness (QED) is 0.812. The monoisotopic (exact) mass is 361 g/mol. The zero-order valence-electron chi connectivity index (χ0n) is 15.2. The largest absolute Gasteiger partial charge is 0.370 e. The predicted octanol–water partition coefficient (Wildman–Crippen LogP) is 2.69. The van der Waals surface area contributed by atoms with Crippen LogP contribution in [0.15, 0.2) is 24.3 Å². The molecule has 0 radical (unpaired) electrons. The molecule has 5 nitrogen and oxygen atoms in total. The number of hydrogen-bond acceptors (Lipinski definition) is 3. The van der Waals surface area contributed by atoms with Crippen molar-refractivity contribution in [3.05, 3.63) is 30.1 Å². The predicted molar refractivity (Wildman–Crippen MR) is 99.1 cm³/mol. The zero-order valence-corrected chi connectivity index (χ0v) is 15.2. The van der Waals surface area contributed by atoms with E-state index in [1.54, 1.807) is 17.0 Å². The second kappa shape index (κ2) is 8.62. The van der Waals surface area contributed by atoms with Gasteiger partial charge in [-0.05, 0) is 62.4 Å². The number of carbonyl (C=O) groups excluding carboxylic acids is 2. The summed E-state index contributed by atoms with van der Waals surface area (Å²) in [4.78, 5) is 28.1. The molecular formula is C20H28FN3O2. The molecule has 1 aliphatic heterocycles. The van der Waals surface area contributed by atoms with Gasteiger partial charge >= 0.3 is 0 Å². The lowest BCUT2D eigenvalue weighted by molar-refractivity contribution is -0.120. The number of rotatable bonds is 7. The summed E-state index contributed by atoms with van der Waals surface area (Å²) in [6.45, 7) is 1.51. The molecule has 2 amide bonds. The van der Waals surface area contributed by atoms with Crippen LogP contribution in [-0.4, -0.2) is 42.4 Å². The highest BCUT2D eigenvalue weighted by Crippen LogP contribution is 2.35. The molecule has 0 spiro atoms. The van der Waals surface area contributed by atoms with Crippen LogP contribution in [0.3, 0.4) is 0 Å². The molecule has 0 bridgehead atoms. The highest BCUT2D eigenvalue weighted by atomic mass is 19.1. The second-order valence-corrected chi connectivity index (χ2v) is 7.46. The Labute approximate surface area is 154 Å². The number of halogens is 1. The van der Waals surface area contributed by atoms with Gasteiger partial charge in [0.25, 0.3) is 0 Å². The number of nitrogens with two attached hydrogens (primary N) is 1. The molecule has 6 heteroatoms. The van der Waals surface area contributed by atoms with Crippen LogP contribution in [0.5, 0.6) is 0 Å². The maximum Gasteiger partial charge on any atom is 0.241 e. The summed E-state index contributed by atoms with van der Waals surface area (Å²) in [5.41, 5.74) is 5.87. The molecule has 142 valence electrons. The average molecular weight is 361 g/mol. The summed E-state index contributed by atoms with van der Waals surface area (Å²) in [7, 11) is 0. The second-order valence-electron chi connectivity index (χ2n) is 7.46. The minimum atomic E-state index is -0.449. The van der Waals surface area contributed by atoms with Crippen molar-refractivity contribution in [3.63, 3.8) is 0 Å². The Balaban J connectivity index is 1.69. The molecule has 1 aromatic carbocycles. The van der Waals surface area contributed by atoms with Gasteiger partial charge in [-0.1, -0.05) is 12.8 Å². The summed E-state index contributed by atoms with van der Waals surface area (Å²) in [6.07, 6.45) is 7.50. The first-order valence-electron chi connectivity index (χ1n) is 9.63. The van der Waals surface area contributed by atoms with Crippen molar-refractivity contribution in [3.8, 4) is 0 Å². The highest BCUT2D eigenvalue weighted by molar-refractivity contribution is 5.95. The van der Waals surface area contributed by atoms with Gasteiger partial charge in [-0.25, -0.2) is 4.39 Å². The van der Waals surface area contributed by atoms with Crippen LogP contribution < -0.4 is 10.6 Å². The van der Waals surface area contributed by atoms with Gasteiger partial charge in [0.2, 0.25) is 11.8 Å². The van der Waals surface area contributed by atoms with Crippen molar-refractivity contribution in [1.82, 2.24) is 4.90 Å². The minimum absolute atomic E-state index is 0.0530. The third-order valence-electron chi connectivity index (χ3n) is 5.72. The summed E-state index contributed by atoms with van der Waals surface area (Å²) in [6, 6.07) is 6.31. The van der Waals surface area contributed by atoms with Gasteiger partial charge in [0.1, 0.15) is 5.82 Å². The number of anilines is 1. The molecule has 1 atom stereocenters. The van der Waals surface area contributed by atoms with Crippen LogP contribution in [-0.2, 0) is 9.59 Å². The Morgan fingerprint density at radius 2 is 1.81 bits per heavy atom. The first-order valence-corrected chi connectivity index (χ1v) is 9.63. The van der Waals surface area contributed by atoms with Crippen LogP contribution >= 0.6 is 0 Å². The van der Waals surface area contributed by atoms with Gasteiger partial charge in [0, 0.05) is 24.7 Å². The van der Waals surface area contributed by atoms with E-state index in [0.29, 0.717) is 24.2 Å². The molecule has 1 saturated carbocycles. The van der Waals surface area contributed by atoms with Crippen LogP contribution in [0.4, 0.5) is 10.1 Å². The fourth-order valence-electron chi connectivity index (χ4n) is 4.42. The van der Waals surface area contributed by atoms with Crippen molar-refractivity contribution < 1.29 is 14.0 Å². The molecule has 2 N–H and O–H groups in total. The summed E-state index contributed by atoms with van der Waals surface area (Å²) in [5, 5.41) is 0. The maximum absolute atomic E-state index is 13.2. The minimum Gasteiger partial charge on any atom is -0.370 e.